The number of nitrogens with zero attached hydrogens (tertiary/aromatic N) is 1. The maximum absolute atomic E-state index is 14.8. The lowest BCUT2D eigenvalue weighted by molar-refractivity contribution is -0.126. The van der Waals surface area contributed by atoms with Crippen LogP contribution in [0.15, 0.2) is 36.4 Å². The summed E-state index contributed by atoms with van der Waals surface area (Å²) >= 11 is 1.13. The van der Waals surface area contributed by atoms with Crippen molar-refractivity contribution in [1.29, 1.82) is 0 Å². The van der Waals surface area contributed by atoms with Gasteiger partial charge in [-0.15, -0.1) is 11.3 Å². The number of methoxy groups -OCH3 is 1. The van der Waals surface area contributed by atoms with Crippen molar-refractivity contribution in [2.45, 2.75) is 50.5 Å². The highest BCUT2D eigenvalue weighted by Crippen LogP contribution is 2.50. The molecule has 5 nitrogen and oxygen atoms in total. The van der Waals surface area contributed by atoms with Crippen LogP contribution in [0.1, 0.15) is 40.2 Å². The Labute approximate surface area is 252 Å². The predicted molar refractivity (Wildman–Crippen MR) is 165 cm³/mol. The van der Waals surface area contributed by atoms with Gasteiger partial charge in [0.05, 0.1) is 51.1 Å². The van der Waals surface area contributed by atoms with Crippen molar-refractivity contribution in [3.8, 4) is 17.6 Å². The van der Waals surface area contributed by atoms with Crippen LogP contribution in [0.5, 0.6) is 5.75 Å². The fourth-order valence-electron chi connectivity index (χ4n) is 5.72. The number of nitrogens with one attached hydrogen (secondary N) is 2. The molecule has 0 spiro atoms. The minimum atomic E-state index is -4.47. The van der Waals surface area contributed by atoms with E-state index in [0.29, 0.717) is 52.1 Å². The third kappa shape index (κ3) is 7.07. The van der Waals surface area contributed by atoms with Gasteiger partial charge < -0.3 is 24.8 Å². The van der Waals surface area contributed by atoms with Gasteiger partial charge >= 0.3 is 6.18 Å². The molecule has 2 aliphatic heterocycles. The Hall–Kier alpha value is -2.73. The van der Waals surface area contributed by atoms with E-state index in [1.54, 1.807) is 30.3 Å². The zero-order valence-corrected chi connectivity index (χ0v) is 25.0. The number of hydrogen-bond acceptors (Lipinski definition) is 6. The molecular formula is C31H36F4N3O2PS. The number of hydrogen-bond donors (Lipinski definition) is 2. The molecule has 226 valence electrons. The summed E-state index contributed by atoms with van der Waals surface area (Å²) in [4.78, 5) is 2.16. The third-order valence-electron chi connectivity index (χ3n) is 7.93. The van der Waals surface area contributed by atoms with E-state index in [1.165, 1.54) is 6.07 Å². The summed E-state index contributed by atoms with van der Waals surface area (Å²) in [5, 5.41) is 7.23. The smallest absolute Gasteiger partial charge is 0.393 e. The first-order chi connectivity index (χ1) is 21.2. The van der Waals surface area contributed by atoms with E-state index in [2.05, 4.69) is 22.5 Å². The number of benzene rings is 2. The standard InChI is InChI=1S/C31H36F4N3O2PS/c1-38-15-13-25(24(32)20-38)37-27-9-6-8-22-23(19-31(33,34)35)29(42-30(22)27)10-7-14-36-26-12-11-21(18-28(26)40-2)41(39)16-4-3-5-17-41/h6,8-9,11-12,18,24-25,36-37H,3-5,13-17,19-20H2,1-2H3/t24-,25+/m0/s1/i2D3. The Morgan fingerprint density at radius 1 is 1.19 bits per heavy atom. The Balaban J connectivity index is 1.40. The number of piperidine rings is 1. The molecule has 2 aliphatic rings. The first-order valence-electron chi connectivity index (χ1n) is 15.6. The van der Waals surface area contributed by atoms with Gasteiger partial charge in [0.25, 0.3) is 0 Å². The van der Waals surface area contributed by atoms with E-state index >= 15 is 0 Å². The summed E-state index contributed by atoms with van der Waals surface area (Å²) in [6, 6.07) is 9.42. The monoisotopic (exact) mass is 624 g/mol. The first kappa shape index (κ1) is 26.9. The quantitative estimate of drug-likeness (QED) is 0.167. The summed E-state index contributed by atoms with van der Waals surface area (Å²) in [5.74, 6) is 5.77. The van der Waals surface area contributed by atoms with Crippen LogP contribution in [0.2, 0.25) is 0 Å². The molecule has 2 saturated heterocycles. The first-order valence-corrected chi connectivity index (χ1v) is 16.9. The Kier molecular flexibility index (Phi) is 8.23. The number of rotatable bonds is 7. The number of ether oxygens (including phenoxy) is 1. The van der Waals surface area contributed by atoms with E-state index < -0.39 is 39.0 Å². The van der Waals surface area contributed by atoms with Gasteiger partial charge in [0, 0.05) is 30.7 Å². The maximum Gasteiger partial charge on any atom is 0.393 e. The lowest BCUT2D eigenvalue weighted by Gasteiger charge is -2.33. The van der Waals surface area contributed by atoms with E-state index in [4.69, 9.17) is 8.85 Å². The number of thiophene rings is 1. The number of likely N-dealkylation sites (tertiary alicyclic amines) is 1. The van der Waals surface area contributed by atoms with E-state index in [1.807, 2.05) is 11.9 Å². The highest BCUT2D eigenvalue weighted by atomic mass is 32.1. The fourth-order valence-corrected chi connectivity index (χ4v) is 9.80. The summed E-state index contributed by atoms with van der Waals surface area (Å²) in [7, 11) is -3.54. The van der Waals surface area contributed by atoms with Crippen molar-refractivity contribution in [2.75, 3.05) is 56.7 Å². The summed E-state index contributed by atoms with van der Waals surface area (Å²) in [6.45, 7) is 0.975. The second-order valence-electron chi connectivity index (χ2n) is 11.0. The maximum atomic E-state index is 14.8. The lowest BCUT2D eigenvalue weighted by Crippen LogP contribution is -2.46. The van der Waals surface area contributed by atoms with Crippen LogP contribution in [-0.4, -0.2) is 69.3 Å². The Bertz CT molecular complexity index is 1630. The second-order valence-corrected chi connectivity index (χ2v) is 15.2. The number of anilines is 2. The SMILES string of the molecule is [2H]C([2H])([2H])Oc1cc(P2(=O)CCCCC2)ccc1NCC#Cc1sc2c(N[C@@H]3CCN(C)C[C@@H]3F)cccc2c1CC(F)(F)F. The number of halogens is 4. The molecule has 11 heteroatoms. The Morgan fingerprint density at radius 3 is 2.74 bits per heavy atom. The zero-order chi connectivity index (χ0) is 32.4. The molecule has 2 fully saturated rings. The van der Waals surface area contributed by atoms with Gasteiger partial charge in [0.2, 0.25) is 0 Å². The molecule has 2 aromatic carbocycles. The minimum Gasteiger partial charge on any atom is -0.495 e. The van der Waals surface area contributed by atoms with E-state index in [0.717, 1.165) is 30.6 Å². The van der Waals surface area contributed by atoms with Crippen LogP contribution in [-0.2, 0) is 11.0 Å². The fraction of sp³-hybridized carbons (Fsp3) is 0.484. The van der Waals surface area contributed by atoms with Crippen LogP contribution in [0.4, 0.5) is 28.9 Å². The molecule has 1 aromatic heterocycles. The molecule has 3 aromatic rings. The van der Waals surface area contributed by atoms with Gasteiger partial charge in [-0.05, 0) is 61.5 Å². The molecule has 0 radical (unpaired) electrons. The summed E-state index contributed by atoms with van der Waals surface area (Å²) in [6.07, 6.45) is -2.33. The zero-order valence-electron chi connectivity index (χ0n) is 26.3. The number of fused-ring (bicyclic) bond motifs is 1. The van der Waals surface area contributed by atoms with E-state index in [-0.39, 0.29) is 29.3 Å². The van der Waals surface area contributed by atoms with Crippen molar-refractivity contribution < 1.29 is 31.0 Å². The molecule has 0 saturated carbocycles. The average molecular weight is 625 g/mol. The second kappa shape index (κ2) is 12.9. The van der Waals surface area contributed by atoms with Gasteiger partial charge in [0.15, 0.2) is 0 Å². The molecule has 42 heavy (non-hydrogen) atoms. The molecule has 2 atom stereocenters. The third-order valence-corrected chi connectivity index (χ3v) is 12.4. The molecule has 0 bridgehead atoms. The highest BCUT2D eigenvalue weighted by Gasteiger charge is 2.32. The topological polar surface area (TPSA) is 53.6 Å². The van der Waals surface area contributed by atoms with Crippen molar-refractivity contribution in [1.82, 2.24) is 4.90 Å². The van der Waals surface area contributed by atoms with Crippen LogP contribution in [0.25, 0.3) is 10.1 Å². The van der Waals surface area contributed by atoms with Crippen molar-refractivity contribution in [3.63, 3.8) is 0 Å². The van der Waals surface area contributed by atoms with E-state index in [9.17, 15) is 22.1 Å². The molecule has 3 heterocycles. The molecular weight excluding hydrogens is 585 g/mol. The molecule has 0 amide bonds. The van der Waals surface area contributed by atoms with Gasteiger partial charge in [0.1, 0.15) is 19.1 Å². The number of alkyl halides is 4. The minimum absolute atomic E-state index is 0.0156. The molecule has 0 unspecified atom stereocenters. The van der Waals surface area contributed by atoms with Gasteiger partial charge in [-0.1, -0.05) is 30.4 Å². The molecule has 0 aliphatic carbocycles. The van der Waals surface area contributed by atoms with Gasteiger partial charge in [-0.2, -0.15) is 13.2 Å². The Morgan fingerprint density at radius 2 is 2.00 bits per heavy atom. The van der Waals surface area contributed by atoms with Gasteiger partial charge in [-0.25, -0.2) is 4.39 Å². The van der Waals surface area contributed by atoms with Crippen molar-refractivity contribution in [2.24, 2.45) is 0 Å². The van der Waals surface area contributed by atoms with Crippen LogP contribution in [0.3, 0.4) is 0 Å². The predicted octanol–water partition coefficient (Wildman–Crippen LogP) is 7.10. The van der Waals surface area contributed by atoms with Gasteiger partial charge in [-0.3, -0.25) is 0 Å². The molecule has 2 N–H and O–H groups in total. The lowest BCUT2D eigenvalue weighted by atomic mass is 10.0. The van der Waals surface area contributed by atoms with Crippen molar-refractivity contribution >= 4 is 45.2 Å². The van der Waals surface area contributed by atoms with Crippen LogP contribution in [0, 0.1) is 11.8 Å². The normalized spacial score (nSPS) is 22.4. The highest BCUT2D eigenvalue weighted by molar-refractivity contribution is 7.71. The average Bonchev–Trinajstić information content (AvgIpc) is 3.29. The van der Waals surface area contributed by atoms with Crippen LogP contribution >= 0.6 is 18.5 Å². The largest absolute Gasteiger partial charge is 0.495 e. The summed E-state index contributed by atoms with van der Waals surface area (Å²) in [5.41, 5.74) is 0.963. The summed E-state index contributed by atoms with van der Waals surface area (Å²) < 4.78 is 97.9. The van der Waals surface area contributed by atoms with Crippen molar-refractivity contribution in [3.05, 3.63) is 46.8 Å². The van der Waals surface area contributed by atoms with Crippen LogP contribution < -0.4 is 20.7 Å². The molecule has 5 rings (SSSR count).